The topological polar surface area (TPSA) is 70.0 Å². The van der Waals surface area contributed by atoms with Gasteiger partial charge in [0.15, 0.2) is 0 Å². The Morgan fingerprint density at radius 2 is 1.29 bits per heavy atom. The first kappa shape index (κ1) is 31.4. The van der Waals surface area contributed by atoms with Gasteiger partial charge in [0.25, 0.3) is 0 Å². The molecule has 1 atom stereocenters. The van der Waals surface area contributed by atoms with E-state index in [2.05, 4.69) is 11.8 Å². The van der Waals surface area contributed by atoms with Gasteiger partial charge in [-0.2, -0.15) is 0 Å². The number of nitrogens with zero attached hydrogens (tertiary/aromatic N) is 1. The van der Waals surface area contributed by atoms with E-state index in [0.29, 0.717) is 18.9 Å². The van der Waals surface area contributed by atoms with Crippen LogP contribution in [-0.4, -0.2) is 60.0 Å². The summed E-state index contributed by atoms with van der Waals surface area (Å²) in [6.07, 6.45) is 23.3. The maximum Gasteiger partial charge on any atom is 0.306 e. The van der Waals surface area contributed by atoms with Crippen LogP contribution in [0.1, 0.15) is 135 Å². The summed E-state index contributed by atoms with van der Waals surface area (Å²) in [6, 6.07) is 0. The highest BCUT2D eigenvalue weighted by Gasteiger charge is 2.33. The molecule has 0 amide bonds. The van der Waals surface area contributed by atoms with Gasteiger partial charge in [0.1, 0.15) is 6.10 Å². The molecule has 2 N–H and O–H groups in total. The molecule has 5 heteroatoms. The Bertz CT molecular complexity index is 455. The summed E-state index contributed by atoms with van der Waals surface area (Å²) in [5.41, 5.74) is 0. The van der Waals surface area contributed by atoms with Crippen LogP contribution in [-0.2, 0) is 9.53 Å². The van der Waals surface area contributed by atoms with Crippen LogP contribution in [0.4, 0.5) is 0 Å². The number of ether oxygens (including phenoxy) is 1. The van der Waals surface area contributed by atoms with Crippen LogP contribution in [0.2, 0.25) is 0 Å². The summed E-state index contributed by atoms with van der Waals surface area (Å²) in [5, 5.41) is 18.1. The molecule has 1 fully saturated rings. The molecule has 1 aliphatic rings. The Morgan fingerprint density at radius 3 is 1.88 bits per heavy atom. The molecule has 0 aromatic heterocycles. The SMILES string of the molecule is CCCCCCCCC(OC(=O)CCCCCCCN(CCO)CCCCCCCO)C1CC1. The van der Waals surface area contributed by atoms with Crippen LogP contribution in [0.15, 0.2) is 0 Å². The minimum Gasteiger partial charge on any atom is -0.462 e. The standard InChI is InChI=1S/C29H57NO4/c1-2-3-4-5-8-13-18-28(27-20-21-27)34-29(33)19-14-9-6-10-15-22-30(24-26-32)23-16-11-7-12-17-25-31/h27-28,31-32H,2-26H2,1H3. The fourth-order valence-electron chi connectivity index (χ4n) is 4.80. The third-order valence-electron chi connectivity index (χ3n) is 7.18. The molecule has 0 aromatic carbocycles. The normalized spacial score (nSPS) is 14.6. The molecule has 0 bridgehead atoms. The van der Waals surface area contributed by atoms with Crippen molar-refractivity contribution in [2.45, 2.75) is 141 Å². The number of aliphatic hydroxyl groups is 2. The summed E-state index contributed by atoms with van der Waals surface area (Å²) in [4.78, 5) is 14.7. The van der Waals surface area contributed by atoms with Crippen molar-refractivity contribution < 1.29 is 19.7 Å². The lowest BCUT2D eigenvalue weighted by atomic mass is 10.0. The lowest BCUT2D eigenvalue weighted by molar-refractivity contribution is -0.150. The summed E-state index contributed by atoms with van der Waals surface area (Å²) in [6.45, 7) is 5.67. The minimum absolute atomic E-state index is 0.0241. The van der Waals surface area contributed by atoms with Gasteiger partial charge >= 0.3 is 5.97 Å². The zero-order chi connectivity index (χ0) is 24.7. The maximum atomic E-state index is 12.3. The molecule has 1 saturated carbocycles. The van der Waals surface area contributed by atoms with Crippen molar-refractivity contribution in [3.05, 3.63) is 0 Å². The van der Waals surface area contributed by atoms with Crippen LogP contribution in [0.3, 0.4) is 0 Å². The second-order valence-electron chi connectivity index (χ2n) is 10.5. The summed E-state index contributed by atoms with van der Waals surface area (Å²) >= 11 is 0. The van der Waals surface area contributed by atoms with E-state index in [4.69, 9.17) is 9.84 Å². The van der Waals surface area contributed by atoms with Gasteiger partial charge in [-0.1, -0.05) is 77.6 Å². The number of unbranched alkanes of at least 4 members (excludes halogenated alkanes) is 13. The van der Waals surface area contributed by atoms with Gasteiger partial charge in [0, 0.05) is 19.6 Å². The number of carbonyl (C=O) groups excluding carboxylic acids is 1. The average Bonchev–Trinajstić information content (AvgIpc) is 3.67. The Labute approximate surface area is 211 Å². The highest BCUT2D eigenvalue weighted by atomic mass is 16.5. The summed E-state index contributed by atoms with van der Waals surface area (Å²) < 4.78 is 5.87. The van der Waals surface area contributed by atoms with E-state index in [1.165, 1.54) is 83.5 Å². The zero-order valence-corrected chi connectivity index (χ0v) is 22.5. The van der Waals surface area contributed by atoms with Crippen molar-refractivity contribution in [2.75, 3.05) is 32.8 Å². The van der Waals surface area contributed by atoms with E-state index in [0.717, 1.165) is 58.2 Å². The molecular weight excluding hydrogens is 426 g/mol. The molecule has 202 valence electrons. The van der Waals surface area contributed by atoms with E-state index in [1.54, 1.807) is 0 Å². The zero-order valence-electron chi connectivity index (χ0n) is 22.5. The number of aliphatic hydroxyl groups excluding tert-OH is 2. The van der Waals surface area contributed by atoms with Crippen molar-refractivity contribution in [1.82, 2.24) is 4.90 Å². The van der Waals surface area contributed by atoms with E-state index in [1.807, 2.05) is 0 Å². The second kappa shape index (κ2) is 22.8. The van der Waals surface area contributed by atoms with Gasteiger partial charge in [-0.3, -0.25) is 4.79 Å². The third kappa shape index (κ3) is 18.6. The monoisotopic (exact) mass is 483 g/mol. The lowest BCUT2D eigenvalue weighted by Crippen LogP contribution is -2.29. The van der Waals surface area contributed by atoms with E-state index in [-0.39, 0.29) is 18.7 Å². The molecule has 1 aliphatic carbocycles. The minimum atomic E-state index is 0.0241. The van der Waals surface area contributed by atoms with Crippen molar-refractivity contribution in [3.8, 4) is 0 Å². The summed E-state index contributed by atoms with van der Waals surface area (Å²) in [5.74, 6) is 0.665. The fraction of sp³-hybridized carbons (Fsp3) is 0.966. The van der Waals surface area contributed by atoms with Gasteiger partial charge in [0.2, 0.25) is 0 Å². The van der Waals surface area contributed by atoms with Crippen LogP contribution < -0.4 is 0 Å². The molecule has 1 rings (SSSR count). The molecule has 34 heavy (non-hydrogen) atoms. The second-order valence-corrected chi connectivity index (χ2v) is 10.5. The predicted octanol–water partition coefficient (Wildman–Crippen LogP) is 6.64. The highest BCUT2D eigenvalue weighted by molar-refractivity contribution is 5.69. The largest absolute Gasteiger partial charge is 0.462 e. The highest BCUT2D eigenvalue weighted by Crippen LogP contribution is 2.37. The smallest absolute Gasteiger partial charge is 0.306 e. The van der Waals surface area contributed by atoms with Gasteiger partial charge in [0.05, 0.1) is 6.61 Å². The van der Waals surface area contributed by atoms with Gasteiger partial charge < -0.3 is 19.8 Å². The molecule has 0 heterocycles. The van der Waals surface area contributed by atoms with Crippen molar-refractivity contribution in [2.24, 2.45) is 5.92 Å². The molecule has 0 radical (unpaired) electrons. The molecular formula is C29H57NO4. The van der Waals surface area contributed by atoms with Crippen LogP contribution >= 0.6 is 0 Å². The Hall–Kier alpha value is -0.650. The Kier molecular flexibility index (Phi) is 21.0. The summed E-state index contributed by atoms with van der Waals surface area (Å²) in [7, 11) is 0. The van der Waals surface area contributed by atoms with Crippen molar-refractivity contribution in [3.63, 3.8) is 0 Å². The van der Waals surface area contributed by atoms with Gasteiger partial charge in [-0.15, -0.1) is 0 Å². The molecule has 0 aromatic rings. The van der Waals surface area contributed by atoms with Crippen LogP contribution in [0.25, 0.3) is 0 Å². The van der Waals surface area contributed by atoms with Gasteiger partial charge in [-0.25, -0.2) is 0 Å². The number of esters is 1. The first-order valence-corrected chi connectivity index (χ1v) is 14.8. The van der Waals surface area contributed by atoms with E-state index < -0.39 is 0 Å². The number of hydrogen-bond donors (Lipinski definition) is 2. The quantitative estimate of drug-likeness (QED) is 0.107. The molecule has 0 saturated heterocycles. The number of rotatable bonds is 26. The first-order valence-electron chi connectivity index (χ1n) is 14.8. The number of carbonyl (C=O) groups is 1. The predicted molar refractivity (Wildman–Crippen MR) is 142 cm³/mol. The molecule has 1 unspecified atom stereocenters. The molecule has 0 aliphatic heterocycles. The van der Waals surface area contributed by atoms with E-state index in [9.17, 15) is 9.90 Å². The maximum absolute atomic E-state index is 12.3. The van der Waals surface area contributed by atoms with Crippen LogP contribution in [0.5, 0.6) is 0 Å². The molecule has 0 spiro atoms. The third-order valence-corrected chi connectivity index (χ3v) is 7.18. The fourth-order valence-corrected chi connectivity index (χ4v) is 4.80. The first-order chi connectivity index (χ1) is 16.7. The van der Waals surface area contributed by atoms with E-state index >= 15 is 0 Å². The van der Waals surface area contributed by atoms with Gasteiger partial charge in [-0.05, 0) is 70.4 Å². The van der Waals surface area contributed by atoms with Crippen molar-refractivity contribution >= 4 is 5.97 Å². The number of hydrogen-bond acceptors (Lipinski definition) is 5. The Morgan fingerprint density at radius 1 is 0.735 bits per heavy atom. The van der Waals surface area contributed by atoms with Crippen molar-refractivity contribution in [1.29, 1.82) is 0 Å². The lowest BCUT2D eigenvalue weighted by Gasteiger charge is -2.21. The molecule has 5 nitrogen and oxygen atoms in total. The van der Waals surface area contributed by atoms with Crippen LogP contribution in [0, 0.1) is 5.92 Å². The average molecular weight is 484 g/mol. The Balaban J connectivity index is 2.02.